The highest BCUT2D eigenvalue weighted by Gasteiger charge is 2.47. The highest BCUT2D eigenvalue weighted by Crippen LogP contribution is 2.37. The van der Waals surface area contributed by atoms with Gasteiger partial charge in [0.15, 0.2) is 0 Å². The second-order valence-electron chi connectivity index (χ2n) is 13.9. The number of nitrogens with two attached hydrogens (primary N) is 1. The minimum atomic E-state index is -4.83. The number of aliphatic hydroxyl groups is 1. The number of allylic oxidation sites excluding steroid dienone is 2. The van der Waals surface area contributed by atoms with Gasteiger partial charge in [0, 0.05) is 31.7 Å². The molecule has 292 valence electrons. The molecule has 4 N–H and O–H groups in total. The molecule has 0 aliphatic carbocycles. The van der Waals surface area contributed by atoms with Crippen molar-refractivity contribution >= 4 is 28.0 Å². The number of benzene rings is 2. The van der Waals surface area contributed by atoms with Crippen LogP contribution in [-0.2, 0) is 27.4 Å². The Morgan fingerprint density at radius 1 is 1.02 bits per heavy atom. The van der Waals surface area contributed by atoms with E-state index in [1.165, 1.54) is 61.3 Å². The number of aliphatic imine (C=N–C) groups is 1. The Kier molecular flexibility index (Phi) is 18.0. The number of unbranched alkanes of at least 4 members (excludes halogenated alkanes) is 8. The molecule has 2 aromatic carbocycles. The van der Waals surface area contributed by atoms with E-state index in [4.69, 9.17) is 11.0 Å². The molecule has 1 fully saturated rings. The van der Waals surface area contributed by atoms with E-state index in [1.54, 1.807) is 30.3 Å². The summed E-state index contributed by atoms with van der Waals surface area (Å²) >= 11 is 0. The molecule has 0 aromatic heterocycles. The zero-order chi connectivity index (χ0) is 38.7. The molecule has 1 amide bonds. The first kappa shape index (κ1) is 43.7. The van der Waals surface area contributed by atoms with E-state index in [-0.39, 0.29) is 44.6 Å². The molecule has 3 rings (SSSR count). The zero-order valence-electron chi connectivity index (χ0n) is 30.9. The fourth-order valence-corrected chi connectivity index (χ4v) is 8.97. The lowest BCUT2D eigenvalue weighted by molar-refractivity contribution is -0.142. The fraction of sp³-hybridized carbons (Fsp3) is 0.575. The molecule has 13 heteroatoms. The maximum Gasteiger partial charge on any atom is 0.417 e. The van der Waals surface area contributed by atoms with Gasteiger partial charge in [-0.2, -0.15) is 18.4 Å². The molecule has 1 aliphatic rings. The number of rotatable bonds is 22. The van der Waals surface area contributed by atoms with Crippen molar-refractivity contribution in [2.45, 2.75) is 120 Å². The van der Waals surface area contributed by atoms with Crippen LogP contribution in [0, 0.1) is 17.2 Å². The van der Waals surface area contributed by atoms with Crippen molar-refractivity contribution in [3.8, 4) is 6.07 Å². The molecule has 1 aliphatic heterocycles. The van der Waals surface area contributed by atoms with E-state index in [0.29, 0.717) is 24.5 Å². The predicted molar refractivity (Wildman–Crippen MR) is 205 cm³/mol. The second-order valence-corrected chi connectivity index (χ2v) is 16.1. The van der Waals surface area contributed by atoms with E-state index >= 15 is 0 Å². The average molecular weight is 760 g/mol. The number of alkyl halides is 3. The van der Waals surface area contributed by atoms with Gasteiger partial charge in [0.1, 0.15) is 5.60 Å². The van der Waals surface area contributed by atoms with Crippen LogP contribution in [0.3, 0.4) is 0 Å². The summed E-state index contributed by atoms with van der Waals surface area (Å²) in [6.07, 6.45) is 12.8. The van der Waals surface area contributed by atoms with E-state index < -0.39 is 50.0 Å². The Bertz CT molecular complexity index is 1620. The van der Waals surface area contributed by atoms with Gasteiger partial charge in [-0.3, -0.25) is 9.79 Å². The van der Waals surface area contributed by atoms with Gasteiger partial charge in [-0.15, -0.1) is 0 Å². The van der Waals surface area contributed by atoms with Crippen LogP contribution in [-0.4, -0.2) is 60.6 Å². The molecule has 2 unspecified atom stereocenters. The lowest BCUT2D eigenvalue weighted by Gasteiger charge is -2.41. The van der Waals surface area contributed by atoms with Gasteiger partial charge in [0.25, 0.3) is 5.91 Å². The first-order valence-electron chi connectivity index (χ1n) is 18.9. The third kappa shape index (κ3) is 13.6. The summed E-state index contributed by atoms with van der Waals surface area (Å²) < 4.78 is 70.3. The minimum Gasteiger partial charge on any atom is -0.390 e. The standard InChI is InChI=1S/C40H56F3N5O4S/c1-2-3-4-5-6-7-8-9-10-11-12-16-19-36(22-25-46-31-45)53(51,52)48-26-23-34(24-27-48)39(50,29-32-17-14-13-15-18-32)38(49)47-35-21-20-33(30-44)37(28-35)40(41,42)43/h9-10,13-15,17-18,20-21,28,31,34,36,50H,2-8,11-12,16,19,22-27,29H2,1H3,(H2,45,46)(H,47,49)/b10-9-. The minimum absolute atomic E-state index is 0.0737. The number of carbonyl (C=O) groups is 1. The van der Waals surface area contributed by atoms with Crippen molar-refractivity contribution in [1.82, 2.24) is 4.31 Å². The van der Waals surface area contributed by atoms with Crippen LogP contribution in [0.1, 0.15) is 114 Å². The number of nitrogens with one attached hydrogen (secondary N) is 1. The van der Waals surface area contributed by atoms with Crippen molar-refractivity contribution in [3.05, 3.63) is 77.4 Å². The number of carbonyl (C=O) groups excluding carboxylic acids is 1. The largest absolute Gasteiger partial charge is 0.417 e. The van der Waals surface area contributed by atoms with Crippen LogP contribution in [0.25, 0.3) is 0 Å². The zero-order valence-corrected chi connectivity index (χ0v) is 31.7. The van der Waals surface area contributed by atoms with Gasteiger partial charge in [-0.1, -0.05) is 87.9 Å². The van der Waals surface area contributed by atoms with Gasteiger partial charge in [-0.05, 0) is 81.0 Å². The molecule has 9 nitrogen and oxygen atoms in total. The van der Waals surface area contributed by atoms with Crippen molar-refractivity contribution in [2.75, 3.05) is 25.0 Å². The summed E-state index contributed by atoms with van der Waals surface area (Å²) in [6, 6.07) is 13.1. The number of anilines is 1. The van der Waals surface area contributed by atoms with Crippen LogP contribution in [0.15, 0.2) is 65.7 Å². The van der Waals surface area contributed by atoms with Gasteiger partial charge in [0.2, 0.25) is 10.0 Å². The average Bonchev–Trinajstić information content (AvgIpc) is 3.14. The van der Waals surface area contributed by atoms with Gasteiger partial charge in [-0.25, -0.2) is 12.7 Å². The monoisotopic (exact) mass is 759 g/mol. The number of amides is 1. The highest BCUT2D eigenvalue weighted by atomic mass is 32.2. The molecule has 53 heavy (non-hydrogen) atoms. The molecular weight excluding hydrogens is 704 g/mol. The van der Waals surface area contributed by atoms with Crippen LogP contribution in [0.2, 0.25) is 0 Å². The Hall–Kier alpha value is -3.73. The van der Waals surface area contributed by atoms with Crippen molar-refractivity contribution in [1.29, 1.82) is 5.26 Å². The first-order valence-corrected chi connectivity index (χ1v) is 20.4. The van der Waals surface area contributed by atoms with Gasteiger partial charge in [0.05, 0.1) is 28.8 Å². The molecular formula is C40H56F3N5O4S. The number of sulfonamides is 1. The van der Waals surface area contributed by atoms with Crippen LogP contribution in [0.4, 0.5) is 18.9 Å². The van der Waals surface area contributed by atoms with E-state index in [9.17, 15) is 31.5 Å². The summed E-state index contributed by atoms with van der Waals surface area (Å²) in [6.45, 7) is 2.63. The molecule has 2 aromatic rings. The normalized spacial score (nSPS) is 16.5. The predicted octanol–water partition coefficient (Wildman–Crippen LogP) is 8.14. The topological polar surface area (TPSA) is 149 Å². The lowest BCUT2D eigenvalue weighted by Crippen LogP contribution is -2.55. The number of hydrogen-bond donors (Lipinski definition) is 3. The maximum absolute atomic E-state index is 14.0. The Balaban J connectivity index is 1.68. The summed E-state index contributed by atoms with van der Waals surface area (Å²) in [5.41, 5.74) is 1.99. The number of halogens is 3. The third-order valence-corrected chi connectivity index (χ3v) is 12.4. The van der Waals surface area contributed by atoms with Crippen LogP contribution >= 0.6 is 0 Å². The number of nitriles is 1. The summed E-state index contributed by atoms with van der Waals surface area (Å²) in [5.74, 6) is -1.60. The number of nitrogens with zero attached hydrogens (tertiary/aromatic N) is 3. The Morgan fingerprint density at radius 3 is 2.28 bits per heavy atom. The Morgan fingerprint density at radius 2 is 1.66 bits per heavy atom. The van der Waals surface area contributed by atoms with E-state index in [0.717, 1.165) is 31.7 Å². The SMILES string of the molecule is CCCCCCCC/C=C\CCCCC(CCN=CN)S(=O)(=O)N1CCC(C(O)(Cc2ccccc2)C(=O)Nc2ccc(C#N)c(C(F)(F)F)c2)CC1. The van der Waals surface area contributed by atoms with E-state index in [1.807, 2.05) is 0 Å². The summed E-state index contributed by atoms with van der Waals surface area (Å²) in [5, 5.41) is 23.0. The molecule has 0 bridgehead atoms. The fourth-order valence-electron chi connectivity index (χ4n) is 6.96. The molecule has 1 saturated heterocycles. The quantitative estimate of drug-likeness (QED) is 0.0478. The highest BCUT2D eigenvalue weighted by molar-refractivity contribution is 7.89. The Labute approximate surface area is 313 Å². The number of piperidine rings is 1. The molecule has 0 radical (unpaired) electrons. The van der Waals surface area contributed by atoms with Crippen molar-refractivity contribution in [3.63, 3.8) is 0 Å². The van der Waals surface area contributed by atoms with Crippen LogP contribution in [0.5, 0.6) is 0 Å². The first-order chi connectivity index (χ1) is 25.4. The van der Waals surface area contributed by atoms with Crippen molar-refractivity contribution in [2.24, 2.45) is 16.6 Å². The second kappa shape index (κ2) is 21.8. The summed E-state index contributed by atoms with van der Waals surface area (Å²) in [7, 11) is -3.76. The van der Waals surface area contributed by atoms with E-state index in [2.05, 4.69) is 29.4 Å². The molecule has 1 heterocycles. The maximum atomic E-state index is 14.0. The lowest BCUT2D eigenvalue weighted by atomic mass is 9.76. The molecule has 0 spiro atoms. The van der Waals surface area contributed by atoms with Crippen molar-refractivity contribution < 1.29 is 31.5 Å². The number of hydrogen-bond acceptors (Lipinski definition) is 6. The smallest absolute Gasteiger partial charge is 0.390 e. The van der Waals surface area contributed by atoms with Gasteiger partial charge >= 0.3 is 6.18 Å². The molecule has 2 atom stereocenters. The third-order valence-electron chi connectivity index (χ3n) is 10.0. The van der Waals surface area contributed by atoms with Crippen LogP contribution < -0.4 is 11.1 Å². The molecule has 0 saturated carbocycles. The van der Waals surface area contributed by atoms with Gasteiger partial charge < -0.3 is 16.2 Å². The summed E-state index contributed by atoms with van der Waals surface area (Å²) in [4.78, 5) is 17.9.